The maximum absolute atomic E-state index is 13.0. The molecule has 0 aliphatic heterocycles. The van der Waals surface area contributed by atoms with Gasteiger partial charge in [0.25, 0.3) is 0 Å². The van der Waals surface area contributed by atoms with Crippen LogP contribution >= 0.6 is 0 Å². The van der Waals surface area contributed by atoms with Crippen molar-refractivity contribution in [1.29, 1.82) is 0 Å². The summed E-state index contributed by atoms with van der Waals surface area (Å²) in [5.41, 5.74) is 9.05. The fourth-order valence-electron chi connectivity index (χ4n) is 1.81. The van der Waals surface area contributed by atoms with Gasteiger partial charge in [0, 0.05) is 12.1 Å². The second-order valence-corrected chi connectivity index (χ2v) is 4.65. The highest BCUT2D eigenvalue weighted by Crippen LogP contribution is 2.33. The molecule has 0 amide bonds. The molecule has 26 heavy (non-hydrogen) atoms. The zero-order valence-corrected chi connectivity index (χ0v) is 14.5. The zero-order chi connectivity index (χ0) is 20.0. The van der Waals surface area contributed by atoms with Crippen molar-refractivity contribution in [1.82, 2.24) is 0 Å². The van der Waals surface area contributed by atoms with E-state index in [4.69, 9.17) is 11.5 Å². The van der Waals surface area contributed by atoms with E-state index in [-0.39, 0.29) is 23.0 Å². The van der Waals surface area contributed by atoms with E-state index < -0.39 is 34.6 Å². The lowest BCUT2D eigenvalue weighted by molar-refractivity contribution is 0.360. The van der Waals surface area contributed by atoms with Gasteiger partial charge in [0.05, 0.1) is 28.4 Å². The van der Waals surface area contributed by atoms with E-state index in [0.717, 1.165) is 12.1 Å². The highest BCUT2D eigenvalue weighted by Gasteiger charge is 2.17. The molecule has 0 spiro atoms. The molecule has 0 aliphatic carbocycles. The number of hydrogen-bond acceptors (Lipinski definition) is 6. The molecule has 0 aromatic heterocycles. The summed E-state index contributed by atoms with van der Waals surface area (Å²) in [7, 11) is 5.04. The van der Waals surface area contributed by atoms with Crippen LogP contribution in [0, 0.1) is 23.3 Å². The fourth-order valence-corrected chi connectivity index (χ4v) is 1.81. The largest absolute Gasteiger partial charge is 0.493 e. The summed E-state index contributed by atoms with van der Waals surface area (Å²) >= 11 is 0. The predicted molar refractivity (Wildman–Crippen MR) is 87.7 cm³/mol. The lowest BCUT2D eigenvalue weighted by atomic mass is 10.2. The summed E-state index contributed by atoms with van der Waals surface area (Å²) in [5, 5.41) is 0. The van der Waals surface area contributed by atoms with Crippen LogP contribution in [0.2, 0.25) is 0 Å². The standard InChI is InChI=1S/2C8H9F2NO2/c2*1-12-4-3-5(13-2)7(10)8(11)6(4)9/h2*3H,11H2,1-2H3. The van der Waals surface area contributed by atoms with E-state index in [1.165, 1.54) is 28.4 Å². The molecule has 0 atom stereocenters. The van der Waals surface area contributed by atoms with E-state index in [1.54, 1.807) is 0 Å². The molecule has 2 rings (SSSR count). The van der Waals surface area contributed by atoms with Crippen molar-refractivity contribution in [2.75, 3.05) is 39.9 Å². The summed E-state index contributed by atoms with van der Waals surface area (Å²) in [6, 6.07) is 2.20. The molecule has 6 nitrogen and oxygen atoms in total. The van der Waals surface area contributed by atoms with Gasteiger partial charge in [-0.05, 0) is 0 Å². The van der Waals surface area contributed by atoms with Gasteiger partial charge in [0.15, 0.2) is 46.3 Å². The number of rotatable bonds is 4. The Morgan fingerprint density at radius 3 is 0.885 bits per heavy atom. The van der Waals surface area contributed by atoms with E-state index in [0.29, 0.717) is 0 Å². The van der Waals surface area contributed by atoms with Crippen molar-refractivity contribution in [3.63, 3.8) is 0 Å². The van der Waals surface area contributed by atoms with Crippen LogP contribution in [0.25, 0.3) is 0 Å². The Balaban J connectivity index is 0.000000260. The fraction of sp³-hybridized carbons (Fsp3) is 0.250. The number of halogens is 4. The second-order valence-electron chi connectivity index (χ2n) is 4.65. The van der Waals surface area contributed by atoms with Crippen LogP contribution in [0.1, 0.15) is 0 Å². The molecule has 0 radical (unpaired) electrons. The normalized spacial score (nSPS) is 9.85. The van der Waals surface area contributed by atoms with Gasteiger partial charge >= 0.3 is 0 Å². The van der Waals surface area contributed by atoms with E-state index in [1.807, 2.05) is 0 Å². The molecule has 144 valence electrons. The van der Waals surface area contributed by atoms with Gasteiger partial charge in [0.1, 0.15) is 11.4 Å². The number of benzene rings is 2. The predicted octanol–water partition coefficient (Wildman–Crippen LogP) is 3.13. The van der Waals surface area contributed by atoms with Crippen LogP contribution in [-0.2, 0) is 0 Å². The van der Waals surface area contributed by atoms with Crippen LogP contribution in [0.5, 0.6) is 23.0 Å². The molecule has 10 heteroatoms. The smallest absolute Gasteiger partial charge is 0.191 e. The molecule has 0 bridgehead atoms. The van der Waals surface area contributed by atoms with Crippen molar-refractivity contribution < 1.29 is 36.5 Å². The third-order valence-corrected chi connectivity index (χ3v) is 3.22. The van der Waals surface area contributed by atoms with E-state index >= 15 is 0 Å². The summed E-state index contributed by atoms with van der Waals surface area (Å²) in [6.45, 7) is 0. The van der Waals surface area contributed by atoms with Gasteiger partial charge in [-0.2, -0.15) is 0 Å². The molecule has 0 fully saturated rings. The Hall–Kier alpha value is -3.04. The van der Waals surface area contributed by atoms with Crippen molar-refractivity contribution >= 4 is 11.4 Å². The Kier molecular flexibility index (Phi) is 7.17. The summed E-state index contributed by atoms with van der Waals surface area (Å²) in [5.74, 6) is -4.23. The highest BCUT2D eigenvalue weighted by atomic mass is 19.1. The Bertz CT molecular complexity index is 666. The average Bonchev–Trinajstić information content (AvgIpc) is 2.65. The van der Waals surface area contributed by atoms with E-state index in [9.17, 15) is 17.6 Å². The SMILES string of the molecule is COc1cc(OC)c(F)c(N)c1F.COc1cc(OC)c(F)c(N)c1F. The minimum absolute atomic E-state index is 0.143. The van der Waals surface area contributed by atoms with Crippen molar-refractivity contribution in [3.8, 4) is 23.0 Å². The number of anilines is 2. The average molecular weight is 378 g/mol. The van der Waals surface area contributed by atoms with Crippen LogP contribution < -0.4 is 30.4 Å². The van der Waals surface area contributed by atoms with Gasteiger partial charge in [-0.25, -0.2) is 17.6 Å². The first-order valence-electron chi connectivity index (χ1n) is 6.94. The Morgan fingerprint density at radius 1 is 0.538 bits per heavy atom. The molecule has 0 saturated heterocycles. The summed E-state index contributed by atoms with van der Waals surface area (Å²) in [4.78, 5) is 0. The van der Waals surface area contributed by atoms with Crippen LogP contribution in [-0.4, -0.2) is 28.4 Å². The molecular weight excluding hydrogens is 360 g/mol. The number of hydrogen-bond donors (Lipinski definition) is 2. The minimum atomic E-state index is -0.916. The molecule has 4 N–H and O–H groups in total. The van der Waals surface area contributed by atoms with Gasteiger partial charge in [0.2, 0.25) is 0 Å². The number of nitrogen functional groups attached to an aromatic ring is 2. The van der Waals surface area contributed by atoms with Crippen LogP contribution in [0.4, 0.5) is 28.9 Å². The van der Waals surface area contributed by atoms with E-state index in [2.05, 4.69) is 18.9 Å². The summed E-state index contributed by atoms with van der Waals surface area (Å²) in [6.07, 6.45) is 0. The second kappa shape index (κ2) is 8.88. The minimum Gasteiger partial charge on any atom is -0.493 e. The third kappa shape index (κ3) is 4.13. The Morgan fingerprint density at radius 2 is 0.731 bits per heavy atom. The van der Waals surface area contributed by atoms with Crippen molar-refractivity contribution in [2.45, 2.75) is 0 Å². The molecule has 0 unspecified atom stereocenters. The van der Waals surface area contributed by atoms with Gasteiger partial charge < -0.3 is 30.4 Å². The van der Waals surface area contributed by atoms with Crippen LogP contribution in [0.3, 0.4) is 0 Å². The highest BCUT2D eigenvalue weighted by molar-refractivity contribution is 5.54. The van der Waals surface area contributed by atoms with Gasteiger partial charge in [-0.15, -0.1) is 0 Å². The first-order chi connectivity index (χ1) is 12.2. The van der Waals surface area contributed by atoms with Crippen LogP contribution in [0.15, 0.2) is 12.1 Å². The number of methoxy groups -OCH3 is 4. The molecule has 0 saturated carbocycles. The molecule has 2 aromatic rings. The maximum atomic E-state index is 13.0. The first-order valence-corrected chi connectivity index (χ1v) is 6.94. The maximum Gasteiger partial charge on any atom is 0.191 e. The third-order valence-electron chi connectivity index (χ3n) is 3.22. The van der Waals surface area contributed by atoms with Gasteiger partial charge in [-0.1, -0.05) is 0 Å². The topological polar surface area (TPSA) is 89.0 Å². The molecular formula is C16H18F4N2O4. The zero-order valence-electron chi connectivity index (χ0n) is 14.5. The molecule has 0 heterocycles. The lowest BCUT2D eigenvalue weighted by Crippen LogP contribution is -2.01. The van der Waals surface area contributed by atoms with Crippen molar-refractivity contribution in [3.05, 3.63) is 35.4 Å². The first kappa shape index (κ1) is 21.0. The monoisotopic (exact) mass is 378 g/mol. The van der Waals surface area contributed by atoms with Gasteiger partial charge in [-0.3, -0.25) is 0 Å². The molecule has 0 aliphatic rings. The number of nitrogens with two attached hydrogens (primary N) is 2. The Labute approximate surface area is 147 Å². The quantitative estimate of drug-likeness (QED) is 0.628. The molecule has 2 aromatic carbocycles. The van der Waals surface area contributed by atoms with Crippen molar-refractivity contribution in [2.24, 2.45) is 0 Å². The summed E-state index contributed by atoms with van der Waals surface area (Å²) < 4.78 is 70.6. The lowest BCUT2D eigenvalue weighted by Gasteiger charge is -2.08. The number of ether oxygens (including phenoxy) is 4.